The lowest BCUT2D eigenvalue weighted by Gasteiger charge is -2.16. The quantitative estimate of drug-likeness (QED) is 0.579. The Morgan fingerprint density at radius 1 is 1.21 bits per heavy atom. The minimum absolute atomic E-state index is 0.0437. The van der Waals surface area contributed by atoms with Crippen molar-refractivity contribution >= 4 is 12.4 Å². The van der Waals surface area contributed by atoms with Crippen LogP contribution in [-0.2, 0) is 4.79 Å². The number of aldehydes is 1. The molecule has 19 heavy (non-hydrogen) atoms. The zero-order valence-corrected chi connectivity index (χ0v) is 12.3. The predicted molar refractivity (Wildman–Crippen MR) is 77.6 cm³/mol. The summed E-state index contributed by atoms with van der Waals surface area (Å²) in [5.74, 6) is 1.53. The van der Waals surface area contributed by atoms with Crippen LogP contribution in [0.1, 0.15) is 33.3 Å². The third kappa shape index (κ3) is 4.12. The smallest absolute Gasteiger partial charge is 0.168 e. The Hall–Kier alpha value is -1.77. The first kappa shape index (κ1) is 15.3. The van der Waals surface area contributed by atoms with E-state index in [9.17, 15) is 4.79 Å². The zero-order valence-electron chi connectivity index (χ0n) is 12.3. The largest absolute Gasteiger partial charge is 0.493 e. The van der Waals surface area contributed by atoms with Gasteiger partial charge in [0.2, 0.25) is 0 Å². The van der Waals surface area contributed by atoms with E-state index in [-0.39, 0.29) is 12.0 Å². The number of allylic oxidation sites excluding steroid dienone is 1. The molecule has 0 aliphatic heterocycles. The van der Waals surface area contributed by atoms with Crippen molar-refractivity contribution in [2.75, 3.05) is 7.11 Å². The molecule has 1 aromatic carbocycles. The van der Waals surface area contributed by atoms with Crippen molar-refractivity contribution in [1.82, 2.24) is 0 Å². The van der Waals surface area contributed by atoms with Gasteiger partial charge in [0.15, 0.2) is 11.5 Å². The molecule has 0 fully saturated rings. The van der Waals surface area contributed by atoms with Gasteiger partial charge in [0.05, 0.1) is 13.2 Å². The molecule has 0 aliphatic rings. The summed E-state index contributed by atoms with van der Waals surface area (Å²) in [4.78, 5) is 11.1. The molecule has 0 spiro atoms. The summed E-state index contributed by atoms with van der Waals surface area (Å²) in [6.45, 7) is 7.90. The molecule has 0 N–H and O–H groups in total. The van der Waals surface area contributed by atoms with E-state index in [2.05, 4.69) is 0 Å². The molecule has 0 aliphatic carbocycles. The van der Waals surface area contributed by atoms with E-state index >= 15 is 0 Å². The predicted octanol–water partition coefficient (Wildman–Crippen LogP) is 3.72. The molecule has 0 amide bonds. The van der Waals surface area contributed by atoms with Crippen molar-refractivity contribution in [2.45, 2.75) is 33.8 Å². The molecule has 0 heterocycles. The highest BCUT2D eigenvalue weighted by atomic mass is 16.5. The molecule has 0 saturated heterocycles. The van der Waals surface area contributed by atoms with Crippen molar-refractivity contribution in [2.24, 2.45) is 5.92 Å². The van der Waals surface area contributed by atoms with Gasteiger partial charge in [-0.25, -0.2) is 0 Å². The van der Waals surface area contributed by atoms with E-state index in [1.54, 1.807) is 7.11 Å². The van der Waals surface area contributed by atoms with Gasteiger partial charge in [-0.15, -0.1) is 0 Å². The number of hydrogen-bond acceptors (Lipinski definition) is 3. The van der Waals surface area contributed by atoms with E-state index in [0.717, 1.165) is 17.4 Å². The Morgan fingerprint density at radius 2 is 1.89 bits per heavy atom. The molecule has 0 radical (unpaired) electrons. The minimum Gasteiger partial charge on any atom is -0.493 e. The fourth-order valence-corrected chi connectivity index (χ4v) is 1.69. The fourth-order valence-electron chi connectivity index (χ4n) is 1.69. The topological polar surface area (TPSA) is 35.5 Å². The number of ether oxygens (including phenoxy) is 2. The Balaban J connectivity index is 3.29. The molecule has 0 aromatic heterocycles. The van der Waals surface area contributed by atoms with E-state index in [4.69, 9.17) is 9.47 Å². The zero-order chi connectivity index (χ0) is 14.4. The second-order valence-electron chi connectivity index (χ2n) is 4.96. The molecule has 0 atom stereocenters. The summed E-state index contributed by atoms with van der Waals surface area (Å²) in [5.41, 5.74) is 1.60. The van der Waals surface area contributed by atoms with Crippen LogP contribution in [-0.4, -0.2) is 19.5 Å². The minimum atomic E-state index is 0.0437. The van der Waals surface area contributed by atoms with Gasteiger partial charge < -0.3 is 9.47 Å². The van der Waals surface area contributed by atoms with Crippen LogP contribution in [0.4, 0.5) is 0 Å². The van der Waals surface area contributed by atoms with Gasteiger partial charge >= 0.3 is 0 Å². The van der Waals surface area contributed by atoms with Gasteiger partial charge in [0, 0.05) is 5.56 Å². The summed E-state index contributed by atoms with van der Waals surface area (Å²) >= 11 is 0. The number of hydrogen-bond donors (Lipinski definition) is 0. The van der Waals surface area contributed by atoms with E-state index in [1.165, 1.54) is 0 Å². The maximum Gasteiger partial charge on any atom is 0.168 e. The highest BCUT2D eigenvalue weighted by Crippen LogP contribution is 2.33. The Morgan fingerprint density at radius 3 is 2.37 bits per heavy atom. The first-order valence-corrected chi connectivity index (χ1v) is 6.50. The average molecular weight is 262 g/mol. The SMILES string of the molecule is COc1cccc(C=C(C=O)C(C)C)c1OC(C)C. The van der Waals surface area contributed by atoms with Crippen molar-refractivity contribution < 1.29 is 14.3 Å². The molecule has 3 nitrogen and oxygen atoms in total. The van der Waals surface area contributed by atoms with E-state index < -0.39 is 0 Å². The molecule has 0 unspecified atom stereocenters. The Kier molecular flexibility index (Phi) is 5.61. The van der Waals surface area contributed by atoms with Crippen LogP contribution in [0.2, 0.25) is 0 Å². The monoisotopic (exact) mass is 262 g/mol. The van der Waals surface area contributed by atoms with Crippen LogP contribution in [0, 0.1) is 5.92 Å². The van der Waals surface area contributed by atoms with E-state index in [0.29, 0.717) is 11.5 Å². The van der Waals surface area contributed by atoms with Gasteiger partial charge in [-0.1, -0.05) is 26.0 Å². The van der Waals surface area contributed by atoms with Gasteiger partial charge in [-0.2, -0.15) is 0 Å². The highest BCUT2D eigenvalue weighted by Gasteiger charge is 2.12. The van der Waals surface area contributed by atoms with Gasteiger partial charge in [-0.05, 0) is 37.5 Å². The van der Waals surface area contributed by atoms with Crippen LogP contribution >= 0.6 is 0 Å². The number of para-hydroxylation sites is 1. The number of rotatable bonds is 6. The van der Waals surface area contributed by atoms with Gasteiger partial charge in [0.25, 0.3) is 0 Å². The lowest BCUT2D eigenvalue weighted by Crippen LogP contribution is -2.08. The Labute approximate surface area is 115 Å². The summed E-state index contributed by atoms with van der Waals surface area (Å²) in [6.07, 6.45) is 2.79. The number of carbonyl (C=O) groups excluding carboxylic acids is 1. The van der Waals surface area contributed by atoms with Crippen LogP contribution in [0.5, 0.6) is 11.5 Å². The highest BCUT2D eigenvalue weighted by molar-refractivity contribution is 5.83. The molecule has 0 bridgehead atoms. The first-order valence-electron chi connectivity index (χ1n) is 6.50. The summed E-state index contributed by atoms with van der Waals surface area (Å²) in [6, 6.07) is 5.66. The van der Waals surface area contributed by atoms with Crippen molar-refractivity contribution in [3.63, 3.8) is 0 Å². The summed E-state index contributed by atoms with van der Waals surface area (Å²) < 4.78 is 11.1. The lowest BCUT2D eigenvalue weighted by atomic mass is 10.0. The number of carbonyl (C=O) groups is 1. The number of benzene rings is 1. The first-order chi connectivity index (χ1) is 8.99. The van der Waals surface area contributed by atoms with Crippen LogP contribution in [0.25, 0.3) is 6.08 Å². The Bertz CT molecular complexity index is 459. The summed E-state index contributed by atoms with van der Waals surface area (Å²) in [5, 5.41) is 0. The van der Waals surface area contributed by atoms with Crippen molar-refractivity contribution in [3.8, 4) is 11.5 Å². The standard InChI is InChI=1S/C16H22O3/c1-11(2)14(10-17)9-13-7-6-8-15(18-5)16(13)19-12(3)4/h6-12H,1-5H3. The normalized spacial score (nSPS) is 11.8. The van der Waals surface area contributed by atoms with Gasteiger partial charge in [0.1, 0.15) is 6.29 Å². The molecular formula is C16H22O3. The molecule has 1 aromatic rings. The maximum absolute atomic E-state index is 11.1. The molecule has 104 valence electrons. The fraction of sp³-hybridized carbons (Fsp3) is 0.438. The maximum atomic E-state index is 11.1. The third-order valence-corrected chi connectivity index (χ3v) is 2.71. The van der Waals surface area contributed by atoms with Crippen molar-refractivity contribution in [1.29, 1.82) is 0 Å². The van der Waals surface area contributed by atoms with Crippen LogP contribution in [0.3, 0.4) is 0 Å². The number of methoxy groups -OCH3 is 1. The average Bonchev–Trinajstić information content (AvgIpc) is 2.36. The molecule has 1 rings (SSSR count). The molecule has 3 heteroatoms. The lowest BCUT2D eigenvalue weighted by molar-refractivity contribution is -0.105. The molecular weight excluding hydrogens is 240 g/mol. The third-order valence-electron chi connectivity index (χ3n) is 2.71. The van der Waals surface area contributed by atoms with Crippen LogP contribution in [0.15, 0.2) is 23.8 Å². The van der Waals surface area contributed by atoms with Gasteiger partial charge in [-0.3, -0.25) is 4.79 Å². The molecule has 0 saturated carbocycles. The van der Waals surface area contributed by atoms with Crippen LogP contribution < -0.4 is 9.47 Å². The van der Waals surface area contributed by atoms with E-state index in [1.807, 2.05) is 52.0 Å². The summed E-state index contributed by atoms with van der Waals surface area (Å²) in [7, 11) is 1.61. The second kappa shape index (κ2) is 6.98. The second-order valence-corrected chi connectivity index (χ2v) is 4.96. The van der Waals surface area contributed by atoms with Crippen molar-refractivity contribution in [3.05, 3.63) is 29.3 Å².